The molecule has 0 aliphatic carbocycles. The zero-order valence-corrected chi connectivity index (χ0v) is 11.2. The van der Waals surface area contributed by atoms with Crippen molar-refractivity contribution < 1.29 is 4.79 Å². The molecule has 0 radical (unpaired) electrons. The maximum Gasteiger partial charge on any atom is 0.220 e. The molecule has 1 aromatic rings. The van der Waals surface area contributed by atoms with Crippen molar-refractivity contribution in [2.75, 3.05) is 13.1 Å². The number of hydrogen-bond acceptors (Lipinski definition) is 3. The summed E-state index contributed by atoms with van der Waals surface area (Å²) >= 11 is 0. The fourth-order valence-electron chi connectivity index (χ4n) is 2.33. The maximum atomic E-state index is 11.8. The van der Waals surface area contributed by atoms with Gasteiger partial charge in [-0.3, -0.25) is 9.48 Å². The summed E-state index contributed by atoms with van der Waals surface area (Å²) in [6.45, 7) is 4.68. The van der Waals surface area contributed by atoms with E-state index in [-0.39, 0.29) is 5.91 Å². The summed E-state index contributed by atoms with van der Waals surface area (Å²) in [7, 11) is 1.91. The van der Waals surface area contributed by atoms with Crippen molar-refractivity contribution in [2.24, 2.45) is 13.0 Å². The van der Waals surface area contributed by atoms with Gasteiger partial charge in [0.05, 0.1) is 6.20 Å². The molecule has 1 aromatic heterocycles. The Morgan fingerprint density at radius 1 is 1.56 bits per heavy atom. The minimum absolute atomic E-state index is 0.158. The van der Waals surface area contributed by atoms with E-state index < -0.39 is 0 Å². The summed E-state index contributed by atoms with van der Waals surface area (Å²) in [4.78, 5) is 11.8. The molecule has 2 heterocycles. The molecule has 0 saturated carbocycles. The molecule has 2 rings (SSSR count). The minimum Gasteiger partial charge on any atom is -0.352 e. The van der Waals surface area contributed by atoms with E-state index in [0.717, 1.165) is 37.2 Å². The lowest BCUT2D eigenvalue weighted by molar-refractivity contribution is -0.122. The van der Waals surface area contributed by atoms with Crippen molar-refractivity contribution in [1.29, 1.82) is 0 Å². The summed E-state index contributed by atoms with van der Waals surface area (Å²) in [5.41, 5.74) is 2.20. The van der Waals surface area contributed by atoms with E-state index in [2.05, 4.69) is 15.7 Å². The van der Waals surface area contributed by atoms with Crippen LogP contribution in [0.25, 0.3) is 0 Å². The third-order valence-corrected chi connectivity index (χ3v) is 3.75. The molecular formula is C13H22N4O. The second-order valence-electron chi connectivity index (χ2n) is 5.05. The van der Waals surface area contributed by atoms with Crippen LogP contribution in [0.1, 0.15) is 30.5 Å². The minimum atomic E-state index is 0.158. The third-order valence-electron chi connectivity index (χ3n) is 3.75. The van der Waals surface area contributed by atoms with E-state index in [4.69, 9.17) is 0 Å². The van der Waals surface area contributed by atoms with E-state index in [1.165, 1.54) is 0 Å². The molecule has 1 fully saturated rings. The molecule has 2 N–H and O–H groups in total. The van der Waals surface area contributed by atoms with Crippen LogP contribution < -0.4 is 10.6 Å². The van der Waals surface area contributed by atoms with E-state index in [1.807, 2.05) is 24.9 Å². The lowest BCUT2D eigenvalue weighted by Gasteiger charge is -2.21. The Bertz CT molecular complexity index is 407. The van der Waals surface area contributed by atoms with Crippen LogP contribution in [0.15, 0.2) is 6.20 Å². The number of amides is 1. The van der Waals surface area contributed by atoms with Crippen LogP contribution in [0.3, 0.4) is 0 Å². The molecule has 5 heteroatoms. The van der Waals surface area contributed by atoms with E-state index in [1.54, 1.807) is 0 Å². The highest BCUT2D eigenvalue weighted by atomic mass is 16.1. The molecule has 1 aliphatic rings. The lowest BCUT2D eigenvalue weighted by atomic mass is 9.94. The molecule has 1 saturated heterocycles. The van der Waals surface area contributed by atoms with Gasteiger partial charge in [0.2, 0.25) is 5.91 Å². The molecule has 18 heavy (non-hydrogen) atoms. The van der Waals surface area contributed by atoms with Crippen molar-refractivity contribution >= 4 is 5.91 Å². The van der Waals surface area contributed by atoms with Gasteiger partial charge in [0, 0.05) is 31.3 Å². The first-order chi connectivity index (χ1) is 8.66. The average molecular weight is 250 g/mol. The monoisotopic (exact) mass is 250 g/mol. The van der Waals surface area contributed by atoms with Gasteiger partial charge in [-0.15, -0.1) is 0 Å². The Balaban J connectivity index is 1.76. The number of aryl methyl sites for hydroxylation is 1. The molecule has 5 nitrogen and oxygen atoms in total. The Morgan fingerprint density at radius 2 is 2.28 bits per heavy atom. The van der Waals surface area contributed by atoms with Crippen molar-refractivity contribution in [3.8, 4) is 0 Å². The van der Waals surface area contributed by atoms with E-state index >= 15 is 0 Å². The molecule has 0 atom stereocenters. The summed E-state index contributed by atoms with van der Waals surface area (Å²) < 4.78 is 1.83. The number of carbonyl (C=O) groups is 1. The third kappa shape index (κ3) is 3.32. The van der Waals surface area contributed by atoms with E-state index in [9.17, 15) is 4.79 Å². The fraction of sp³-hybridized carbons (Fsp3) is 0.692. The average Bonchev–Trinajstić information content (AvgIpc) is 2.69. The van der Waals surface area contributed by atoms with Crippen LogP contribution in [-0.4, -0.2) is 28.8 Å². The maximum absolute atomic E-state index is 11.8. The van der Waals surface area contributed by atoms with Crippen LogP contribution in [0, 0.1) is 12.8 Å². The second kappa shape index (κ2) is 6.00. The zero-order valence-electron chi connectivity index (χ0n) is 11.2. The Kier molecular flexibility index (Phi) is 4.36. The smallest absolute Gasteiger partial charge is 0.220 e. The van der Waals surface area contributed by atoms with Crippen LogP contribution >= 0.6 is 0 Å². The van der Waals surface area contributed by atoms with Crippen molar-refractivity contribution in [3.05, 3.63) is 17.5 Å². The topological polar surface area (TPSA) is 59.0 Å². The number of rotatable bonds is 4. The normalized spacial score (nSPS) is 16.8. The van der Waals surface area contributed by atoms with Gasteiger partial charge in [0.25, 0.3) is 0 Å². The molecule has 0 aromatic carbocycles. The molecular weight excluding hydrogens is 228 g/mol. The van der Waals surface area contributed by atoms with Gasteiger partial charge in [-0.05, 0) is 38.8 Å². The van der Waals surface area contributed by atoms with Gasteiger partial charge in [0.15, 0.2) is 0 Å². The van der Waals surface area contributed by atoms with Crippen LogP contribution in [0.4, 0.5) is 0 Å². The van der Waals surface area contributed by atoms with Crippen molar-refractivity contribution in [1.82, 2.24) is 20.4 Å². The highest BCUT2D eigenvalue weighted by molar-refractivity contribution is 5.76. The highest BCUT2D eigenvalue weighted by Gasteiger charge is 2.16. The first-order valence-corrected chi connectivity index (χ1v) is 6.61. The summed E-state index contributed by atoms with van der Waals surface area (Å²) in [5, 5.41) is 10.5. The molecule has 0 bridgehead atoms. The molecule has 1 aliphatic heterocycles. The fourth-order valence-corrected chi connectivity index (χ4v) is 2.33. The predicted molar refractivity (Wildman–Crippen MR) is 70.0 cm³/mol. The van der Waals surface area contributed by atoms with Crippen LogP contribution in [-0.2, 0) is 18.4 Å². The number of piperidine rings is 1. The SMILES string of the molecule is Cc1c(CNC(=O)CC2CCNCC2)cnn1C. The molecule has 0 spiro atoms. The van der Waals surface area contributed by atoms with Crippen molar-refractivity contribution in [2.45, 2.75) is 32.7 Å². The number of aromatic nitrogens is 2. The zero-order chi connectivity index (χ0) is 13.0. The number of nitrogens with one attached hydrogen (secondary N) is 2. The van der Waals surface area contributed by atoms with E-state index in [0.29, 0.717) is 18.9 Å². The number of nitrogens with zero attached hydrogens (tertiary/aromatic N) is 2. The van der Waals surface area contributed by atoms with Gasteiger partial charge in [-0.25, -0.2) is 0 Å². The Labute approximate surface area is 108 Å². The summed E-state index contributed by atoms with van der Waals surface area (Å²) in [6, 6.07) is 0. The summed E-state index contributed by atoms with van der Waals surface area (Å²) in [5.74, 6) is 0.700. The molecule has 100 valence electrons. The quantitative estimate of drug-likeness (QED) is 0.828. The lowest BCUT2D eigenvalue weighted by Crippen LogP contribution is -2.32. The Hall–Kier alpha value is -1.36. The largest absolute Gasteiger partial charge is 0.352 e. The standard InChI is InChI=1S/C13H22N4O/c1-10-12(9-16-17(10)2)8-15-13(18)7-11-3-5-14-6-4-11/h9,11,14H,3-8H2,1-2H3,(H,15,18). The van der Waals surface area contributed by atoms with Crippen molar-refractivity contribution in [3.63, 3.8) is 0 Å². The summed E-state index contributed by atoms with van der Waals surface area (Å²) in [6.07, 6.45) is 4.69. The highest BCUT2D eigenvalue weighted by Crippen LogP contribution is 2.15. The Morgan fingerprint density at radius 3 is 2.89 bits per heavy atom. The predicted octanol–water partition coefficient (Wildman–Crippen LogP) is 0.734. The second-order valence-corrected chi connectivity index (χ2v) is 5.05. The van der Waals surface area contributed by atoms with Crippen LogP contribution in [0.2, 0.25) is 0 Å². The van der Waals surface area contributed by atoms with Gasteiger partial charge in [0.1, 0.15) is 0 Å². The first-order valence-electron chi connectivity index (χ1n) is 6.61. The molecule has 0 unspecified atom stereocenters. The first kappa shape index (κ1) is 13.1. The van der Waals surface area contributed by atoms with Gasteiger partial charge < -0.3 is 10.6 Å². The number of hydrogen-bond donors (Lipinski definition) is 2. The molecule has 1 amide bonds. The van der Waals surface area contributed by atoms with Gasteiger partial charge in [-0.1, -0.05) is 0 Å². The van der Waals surface area contributed by atoms with Gasteiger partial charge >= 0.3 is 0 Å². The van der Waals surface area contributed by atoms with Gasteiger partial charge in [-0.2, -0.15) is 5.10 Å². The number of carbonyl (C=O) groups excluding carboxylic acids is 1. The van der Waals surface area contributed by atoms with Crippen LogP contribution in [0.5, 0.6) is 0 Å².